The van der Waals surface area contributed by atoms with Gasteiger partial charge >= 0.3 is 12.1 Å². The first-order valence-electron chi connectivity index (χ1n) is 14.2. The molecule has 0 bridgehead atoms. The van der Waals surface area contributed by atoms with Gasteiger partial charge in [0, 0.05) is 32.1 Å². The molecule has 3 aromatic rings. The molecule has 0 radical (unpaired) electrons. The molecule has 1 fully saturated rings. The first kappa shape index (κ1) is 28.4. The van der Waals surface area contributed by atoms with E-state index in [9.17, 15) is 19.5 Å². The summed E-state index contributed by atoms with van der Waals surface area (Å²) in [5.74, 6) is -1.52. The molecule has 2 unspecified atom stereocenters. The molecular weight excluding hydrogens is 518 g/mol. The van der Waals surface area contributed by atoms with Crippen molar-refractivity contribution >= 4 is 18.0 Å². The summed E-state index contributed by atoms with van der Waals surface area (Å²) in [7, 11) is 0. The molecule has 1 aliphatic carbocycles. The lowest BCUT2D eigenvalue weighted by Crippen LogP contribution is -2.60. The number of alkyl carbamates (subject to hydrolysis) is 1. The number of nitrogens with one attached hydrogen (secondary N) is 2. The zero-order valence-corrected chi connectivity index (χ0v) is 23.6. The van der Waals surface area contributed by atoms with Crippen LogP contribution in [0.4, 0.5) is 4.79 Å². The lowest BCUT2D eigenvalue weighted by Gasteiger charge is -2.33. The molecule has 2 aliphatic rings. The van der Waals surface area contributed by atoms with Gasteiger partial charge < -0.3 is 20.5 Å². The SMILES string of the molecule is CCC(C)(CNC(=O)OCC1c2ccccc2-c2ccccc21)C(=O)NC1(C(=O)O)CCN(Cc2ccccc2)C1. The molecule has 5 rings (SSSR count). The molecule has 8 heteroatoms. The number of carbonyl (C=O) groups is 3. The van der Waals surface area contributed by atoms with E-state index in [1.165, 1.54) is 0 Å². The van der Waals surface area contributed by atoms with Crippen LogP contribution >= 0.6 is 0 Å². The fourth-order valence-electron chi connectivity index (χ4n) is 5.85. The zero-order chi connectivity index (χ0) is 29.0. The lowest BCUT2D eigenvalue weighted by molar-refractivity contribution is -0.149. The quantitative estimate of drug-likeness (QED) is 0.332. The second kappa shape index (κ2) is 11.7. The van der Waals surface area contributed by atoms with Crippen molar-refractivity contribution in [2.24, 2.45) is 5.41 Å². The molecule has 0 saturated carbocycles. The Bertz CT molecular complexity index is 1380. The summed E-state index contributed by atoms with van der Waals surface area (Å²) in [6.07, 6.45) is 0.106. The summed E-state index contributed by atoms with van der Waals surface area (Å²) in [5, 5.41) is 15.7. The number of nitrogens with zero attached hydrogens (tertiary/aromatic N) is 1. The van der Waals surface area contributed by atoms with Crippen LogP contribution < -0.4 is 10.6 Å². The van der Waals surface area contributed by atoms with E-state index in [0.29, 0.717) is 25.9 Å². The average Bonchev–Trinajstić information content (AvgIpc) is 3.54. The summed E-state index contributed by atoms with van der Waals surface area (Å²) in [5.41, 5.74) is 3.23. The number of rotatable bonds is 10. The molecule has 1 aliphatic heterocycles. The highest BCUT2D eigenvalue weighted by Crippen LogP contribution is 2.44. The van der Waals surface area contributed by atoms with Crippen molar-refractivity contribution in [2.75, 3.05) is 26.2 Å². The van der Waals surface area contributed by atoms with Crippen LogP contribution in [0, 0.1) is 5.41 Å². The highest BCUT2D eigenvalue weighted by atomic mass is 16.5. The van der Waals surface area contributed by atoms with Crippen molar-refractivity contribution in [3.8, 4) is 11.1 Å². The molecule has 214 valence electrons. The van der Waals surface area contributed by atoms with Crippen LogP contribution in [-0.4, -0.2) is 59.8 Å². The van der Waals surface area contributed by atoms with Crippen molar-refractivity contribution in [1.29, 1.82) is 0 Å². The van der Waals surface area contributed by atoms with Gasteiger partial charge in [0.05, 0.1) is 5.41 Å². The summed E-state index contributed by atoms with van der Waals surface area (Å²) >= 11 is 0. The highest BCUT2D eigenvalue weighted by Gasteiger charge is 2.48. The fourth-order valence-corrected chi connectivity index (χ4v) is 5.85. The third-order valence-electron chi connectivity index (χ3n) is 8.65. The number of carboxylic acid groups (broad SMARTS) is 1. The number of ether oxygens (including phenoxy) is 1. The molecule has 3 N–H and O–H groups in total. The maximum atomic E-state index is 13.5. The summed E-state index contributed by atoms with van der Waals surface area (Å²) in [6.45, 7) is 5.16. The Balaban J connectivity index is 1.18. The molecule has 3 aromatic carbocycles. The van der Waals surface area contributed by atoms with Crippen molar-refractivity contribution in [3.63, 3.8) is 0 Å². The van der Waals surface area contributed by atoms with Gasteiger partial charge in [-0.15, -0.1) is 0 Å². The first-order chi connectivity index (χ1) is 19.7. The lowest BCUT2D eigenvalue weighted by atomic mass is 9.84. The molecule has 0 spiro atoms. The summed E-state index contributed by atoms with van der Waals surface area (Å²) in [4.78, 5) is 40.7. The Morgan fingerprint density at radius 2 is 1.59 bits per heavy atom. The van der Waals surface area contributed by atoms with E-state index in [1.54, 1.807) is 6.92 Å². The minimum Gasteiger partial charge on any atom is -0.479 e. The Kier molecular flexibility index (Phi) is 8.13. The zero-order valence-electron chi connectivity index (χ0n) is 23.6. The fraction of sp³-hybridized carbons (Fsp3) is 0.364. The Labute approximate surface area is 240 Å². The topological polar surface area (TPSA) is 108 Å². The van der Waals surface area contributed by atoms with Gasteiger partial charge in [-0.2, -0.15) is 0 Å². The van der Waals surface area contributed by atoms with Crippen LogP contribution in [0.5, 0.6) is 0 Å². The van der Waals surface area contributed by atoms with Crippen LogP contribution in [0.15, 0.2) is 78.9 Å². The largest absolute Gasteiger partial charge is 0.479 e. The maximum Gasteiger partial charge on any atom is 0.407 e. The van der Waals surface area contributed by atoms with Crippen LogP contribution in [0.1, 0.15) is 49.3 Å². The van der Waals surface area contributed by atoms with E-state index in [0.717, 1.165) is 27.8 Å². The van der Waals surface area contributed by atoms with Crippen LogP contribution in [0.2, 0.25) is 0 Å². The smallest absolute Gasteiger partial charge is 0.407 e. The Morgan fingerprint density at radius 3 is 2.20 bits per heavy atom. The van der Waals surface area contributed by atoms with Crippen molar-refractivity contribution in [2.45, 2.75) is 44.7 Å². The second-order valence-corrected chi connectivity index (χ2v) is 11.4. The number of aliphatic carboxylic acids is 1. The number of hydrogen-bond donors (Lipinski definition) is 3. The molecular formula is C33H37N3O5. The van der Waals surface area contributed by atoms with Crippen LogP contribution in [0.25, 0.3) is 11.1 Å². The summed E-state index contributed by atoms with van der Waals surface area (Å²) < 4.78 is 5.64. The van der Waals surface area contributed by atoms with E-state index < -0.39 is 28.9 Å². The Hall–Kier alpha value is -4.17. The second-order valence-electron chi connectivity index (χ2n) is 11.4. The van der Waals surface area contributed by atoms with Gasteiger partial charge in [-0.05, 0) is 47.6 Å². The minimum atomic E-state index is -1.38. The van der Waals surface area contributed by atoms with E-state index in [4.69, 9.17) is 4.74 Å². The van der Waals surface area contributed by atoms with Gasteiger partial charge in [-0.25, -0.2) is 9.59 Å². The Morgan fingerprint density at radius 1 is 0.976 bits per heavy atom. The van der Waals surface area contributed by atoms with Gasteiger partial charge in [-0.1, -0.05) is 85.8 Å². The van der Waals surface area contributed by atoms with Gasteiger partial charge in [0.15, 0.2) is 5.54 Å². The number of amides is 2. The van der Waals surface area contributed by atoms with Crippen LogP contribution in [-0.2, 0) is 20.9 Å². The number of carbonyl (C=O) groups excluding carboxylic acids is 2. The average molecular weight is 556 g/mol. The number of likely N-dealkylation sites (tertiary alicyclic amines) is 1. The third kappa shape index (κ3) is 5.84. The first-order valence-corrected chi connectivity index (χ1v) is 14.2. The molecule has 0 aromatic heterocycles. The third-order valence-corrected chi connectivity index (χ3v) is 8.65. The van der Waals surface area contributed by atoms with Crippen molar-refractivity contribution < 1.29 is 24.2 Å². The molecule has 2 amide bonds. The molecule has 1 heterocycles. The normalized spacial score (nSPS) is 19.6. The molecule has 8 nitrogen and oxygen atoms in total. The molecule has 1 saturated heterocycles. The van der Waals surface area contributed by atoms with E-state index >= 15 is 0 Å². The monoisotopic (exact) mass is 555 g/mol. The number of carboxylic acids is 1. The van der Waals surface area contributed by atoms with E-state index in [-0.39, 0.29) is 25.6 Å². The standard InChI is InChI=1S/C33H37N3O5/c1-3-32(2,29(37)35-33(30(38)39)17-18-36(22-33)19-23-11-5-4-6-12-23)21-34-31(40)41-20-28-26-15-9-7-13-24(26)25-14-8-10-16-27(25)28/h4-16,28H,3,17-22H2,1-2H3,(H,34,40)(H,35,37)(H,38,39). The van der Waals surface area contributed by atoms with E-state index in [2.05, 4.69) is 34.9 Å². The van der Waals surface area contributed by atoms with E-state index in [1.807, 2.05) is 66.4 Å². The number of hydrogen-bond acceptors (Lipinski definition) is 5. The number of fused-ring (bicyclic) bond motifs is 3. The van der Waals surface area contributed by atoms with Crippen LogP contribution in [0.3, 0.4) is 0 Å². The number of benzene rings is 3. The van der Waals surface area contributed by atoms with Gasteiger partial charge in [-0.3, -0.25) is 9.69 Å². The van der Waals surface area contributed by atoms with Crippen molar-refractivity contribution in [1.82, 2.24) is 15.5 Å². The van der Waals surface area contributed by atoms with Gasteiger partial charge in [0.1, 0.15) is 6.61 Å². The molecule has 2 atom stereocenters. The minimum absolute atomic E-state index is 0.0232. The van der Waals surface area contributed by atoms with Gasteiger partial charge in [0.25, 0.3) is 0 Å². The molecule has 41 heavy (non-hydrogen) atoms. The van der Waals surface area contributed by atoms with Crippen molar-refractivity contribution in [3.05, 3.63) is 95.6 Å². The summed E-state index contributed by atoms with van der Waals surface area (Å²) in [6, 6.07) is 26.1. The van der Waals surface area contributed by atoms with Gasteiger partial charge in [0.2, 0.25) is 5.91 Å². The maximum absolute atomic E-state index is 13.5. The predicted octanol–water partition coefficient (Wildman–Crippen LogP) is 4.79. The predicted molar refractivity (Wildman–Crippen MR) is 156 cm³/mol. The highest BCUT2D eigenvalue weighted by molar-refractivity contribution is 5.90.